The van der Waals surface area contributed by atoms with E-state index in [2.05, 4.69) is 37.4 Å². The van der Waals surface area contributed by atoms with Gasteiger partial charge in [-0.2, -0.15) is 0 Å². The van der Waals surface area contributed by atoms with Crippen molar-refractivity contribution in [2.75, 3.05) is 23.4 Å². The molecule has 2 aromatic carbocycles. The molecule has 30 heavy (non-hydrogen) atoms. The number of carbonyl (C=O) groups is 1. The van der Waals surface area contributed by atoms with Gasteiger partial charge in [-0.15, -0.1) is 0 Å². The number of hydrogen-bond donors (Lipinski definition) is 1. The minimum atomic E-state index is -3.66. The summed E-state index contributed by atoms with van der Waals surface area (Å²) in [4.78, 5) is 12.7. The Hall–Kier alpha value is -2.74. The smallest absolute Gasteiger partial charge is 0.241 e. The average molecular weight is 433 g/mol. The van der Waals surface area contributed by atoms with E-state index >= 15 is 0 Å². The van der Waals surface area contributed by atoms with Crippen LogP contribution in [-0.2, 0) is 34.2 Å². The molecule has 1 N–H and O–H groups in total. The molecule has 0 unspecified atom stereocenters. The number of carbonyl (C=O) groups excluding carboxylic acids is 1. The molecular formula is C22H28N2O5S. The highest BCUT2D eigenvalue weighted by Gasteiger charge is 2.25. The summed E-state index contributed by atoms with van der Waals surface area (Å²) < 4.78 is 37.1. The highest BCUT2D eigenvalue weighted by molar-refractivity contribution is 7.92. The Morgan fingerprint density at radius 2 is 1.77 bits per heavy atom. The summed E-state index contributed by atoms with van der Waals surface area (Å²) in [5, 5.41) is 2.87. The molecule has 0 saturated carbocycles. The number of ether oxygens (including phenoxy) is 2. The van der Waals surface area contributed by atoms with Gasteiger partial charge in [-0.25, -0.2) is 8.42 Å². The lowest BCUT2D eigenvalue weighted by Gasteiger charge is -2.23. The van der Waals surface area contributed by atoms with Gasteiger partial charge in [0.05, 0.1) is 11.4 Å². The van der Waals surface area contributed by atoms with E-state index in [1.165, 1.54) is 11.1 Å². The molecule has 162 valence electrons. The maximum Gasteiger partial charge on any atom is 0.241 e. The Labute approximate surface area is 178 Å². The molecule has 1 amide bonds. The molecule has 8 heteroatoms. The minimum Gasteiger partial charge on any atom is -0.454 e. The second kappa shape index (κ2) is 9.38. The number of hydrogen-bond acceptors (Lipinski definition) is 5. The van der Waals surface area contributed by atoms with Crippen molar-refractivity contribution in [1.82, 2.24) is 5.32 Å². The molecule has 0 saturated heterocycles. The van der Waals surface area contributed by atoms with Gasteiger partial charge in [0.25, 0.3) is 0 Å². The Morgan fingerprint density at radius 1 is 1.00 bits per heavy atom. The Balaban J connectivity index is 1.76. The van der Waals surface area contributed by atoms with Gasteiger partial charge >= 0.3 is 0 Å². The highest BCUT2D eigenvalue weighted by Crippen LogP contribution is 2.36. The van der Waals surface area contributed by atoms with Gasteiger partial charge in [0.1, 0.15) is 6.54 Å². The lowest BCUT2D eigenvalue weighted by molar-refractivity contribution is -0.119. The van der Waals surface area contributed by atoms with E-state index in [1.807, 2.05) is 0 Å². The summed E-state index contributed by atoms with van der Waals surface area (Å²) in [7, 11) is -3.66. The molecule has 0 fully saturated rings. The maximum atomic E-state index is 12.7. The summed E-state index contributed by atoms with van der Waals surface area (Å²) in [5.41, 5.74) is 3.80. The maximum absolute atomic E-state index is 12.7. The summed E-state index contributed by atoms with van der Waals surface area (Å²) in [6, 6.07) is 11.1. The SMILES string of the molecule is CCc1ccc(CC)c(CNC(=O)CN(c2ccc3c(c2)OCO3)S(=O)(=O)CC)c1. The summed E-state index contributed by atoms with van der Waals surface area (Å²) in [6.45, 7) is 5.86. The van der Waals surface area contributed by atoms with E-state index < -0.39 is 10.0 Å². The Bertz CT molecular complexity index is 1020. The van der Waals surface area contributed by atoms with E-state index in [-0.39, 0.29) is 25.0 Å². The van der Waals surface area contributed by atoms with Gasteiger partial charge in [-0.05, 0) is 48.6 Å². The Morgan fingerprint density at radius 3 is 2.47 bits per heavy atom. The first-order valence-electron chi connectivity index (χ1n) is 10.1. The molecule has 1 aliphatic heterocycles. The zero-order valence-corrected chi connectivity index (χ0v) is 18.4. The van der Waals surface area contributed by atoms with Gasteiger partial charge in [0, 0.05) is 12.6 Å². The van der Waals surface area contributed by atoms with Crippen molar-refractivity contribution < 1.29 is 22.7 Å². The topological polar surface area (TPSA) is 84.9 Å². The van der Waals surface area contributed by atoms with Gasteiger partial charge in [-0.3, -0.25) is 9.10 Å². The van der Waals surface area contributed by atoms with Crippen LogP contribution in [0.5, 0.6) is 11.5 Å². The van der Waals surface area contributed by atoms with Crippen molar-refractivity contribution in [3.63, 3.8) is 0 Å². The van der Waals surface area contributed by atoms with Crippen LogP contribution in [0.25, 0.3) is 0 Å². The number of aryl methyl sites for hydroxylation is 2. The fourth-order valence-corrected chi connectivity index (χ4v) is 4.40. The van der Waals surface area contributed by atoms with E-state index in [0.717, 1.165) is 22.7 Å². The van der Waals surface area contributed by atoms with Crippen LogP contribution in [0.2, 0.25) is 0 Å². The fraction of sp³-hybridized carbons (Fsp3) is 0.409. The number of nitrogens with one attached hydrogen (secondary N) is 1. The van der Waals surface area contributed by atoms with Crippen LogP contribution < -0.4 is 19.1 Å². The van der Waals surface area contributed by atoms with Crippen LogP contribution in [0.15, 0.2) is 36.4 Å². The van der Waals surface area contributed by atoms with E-state index in [4.69, 9.17) is 9.47 Å². The van der Waals surface area contributed by atoms with Crippen LogP contribution in [-0.4, -0.2) is 33.4 Å². The molecule has 1 heterocycles. The highest BCUT2D eigenvalue weighted by atomic mass is 32.2. The van der Waals surface area contributed by atoms with E-state index in [1.54, 1.807) is 25.1 Å². The molecule has 0 atom stereocenters. The lowest BCUT2D eigenvalue weighted by atomic mass is 10.0. The number of nitrogens with zero attached hydrogens (tertiary/aromatic N) is 1. The second-order valence-corrected chi connectivity index (χ2v) is 9.21. The quantitative estimate of drug-likeness (QED) is 0.658. The van der Waals surface area contributed by atoms with Crippen molar-refractivity contribution in [3.05, 3.63) is 53.1 Å². The second-order valence-electron chi connectivity index (χ2n) is 7.03. The molecule has 0 bridgehead atoms. The number of rotatable bonds is 9. The molecule has 0 radical (unpaired) electrons. The third kappa shape index (κ3) is 4.87. The lowest BCUT2D eigenvalue weighted by Crippen LogP contribution is -2.41. The van der Waals surface area contributed by atoms with Crippen LogP contribution in [0.4, 0.5) is 5.69 Å². The fourth-order valence-electron chi connectivity index (χ4n) is 3.34. The van der Waals surface area contributed by atoms with Gasteiger partial charge in [-0.1, -0.05) is 32.0 Å². The third-order valence-corrected chi connectivity index (χ3v) is 6.91. The average Bonchev–Trinajstić information content (AvgIpc) is 3.23. The molecule has 0 spiro atoms. The number of sulfonamides is 1. The van der Waals surface area contributed by atoms with Gasteiger partial charge in [0.2, 0.25) is 22.7 Å². The summed E-state index contributed by atoms with van der Waals surface area (Å²) in [5.74, 6) is 0.537. The molecule has 2 aromatic rings. The number of amides is 1. The normalized spacial score (nSPS) is 12.6. The van der Waals surface area contributed by atoms with Crippen molar-refractivity contribution in [3.8, 4) is 11.5 Å². The standard InChI is InChI=1S/C22H28N2O5S/c1-4-16-7-8-17(5-2)18(11-16)13-23-22(25)14-24(30(26,27)6-3)19-9-10-20-21(12-19)29-15-28-20/h7-12H,4-6,13-15H2,1-3H3,(H,23,25). The van der Waals surface area contributed by atoms with Crippen LogP contribution in [0.3, 0.4) is 0 Å². The third-order valence-electron chi connectivity index (χ3n) is 5.17. The zero-order valence-electron chi connectivity index (χ0n) is 17.6. The van der Waals surface area contributed by atoms with Crippen LogP contribution in [0.1, 0.15) is 37.5 Å². The number of anilines is 1. The molecule has 0 aliphatic carbocycles. The van der Waals surface area contributed by atoms with Crippen molar-refractivity contribution >= 4 is 21.6 Å². The first-order chi connectivity index (χ1) is 14.4. The first-order valence-corrected chi connectivity index (χ1v) is 11.8. The van der Waals surface area contributed by atoms with Gasteiger partial charge in [0.15, 0.2) is 11.5 Å². The number of benzene rings is 2. The summed E-state index contributed by atoms with van der Waals surface area (Å²) in [6.07, 6.45) is 1.78. The molecular weight excluding hydrogens is 404 g/mol. The van der Waals surface area contributed by atoms with Crippen LogP contribution in [0, 0.1) is 0 Å². The Kier molecular flexibility index (Phi) is 6.87. The van der Waals surface area contributed by atoms with Crippen molar-refractivity contribution in [2.45, 2.75) is 40.2 Å². The monoisotopic (exact) mass is 432 g/mol. The minimum absolute atomic E-state index is 0.0936. The molecule has 0 aromatic heterocycles. The van der Waals surface area contributed by atoms with Crippen molar-refractivity contribution in [1.29, 1.82) is 0 Å². The van der Waals surface area contributed by atoms with Crippen molar-refractivity contribution in [2.24, 2.45) is 0 Å². The molecule has 1 aliphatic rings. The van der Waals surface area contributed by atoms with Gasteiger partial charge < -0.3 is 14.8 Å². The summed E-state index contributed by atoms with van der Waals surface area (Å²) >= 11 is 0. The predicted molar refractivity (Wildman–Crippen MR) is 116 cm³/mol. The predicted octanol–water partition coefficient (Wildman–Crippen LogP) is 3.01. The van der Waals surface area contributed by atoms with Crippen LogP contribution >= 0.6 is 0 Å². The zero-order chi connectivity index (χ0) is 21.7. The first kappa shape index (κ1) is 22.0. The largest absolute Gasteiger partial charge is 0.454 e. The molecule has 7 nitrogen and oxygen atoms in total. The van der Waals surface area contributed by atoms with E-state index in [9.17, 15) is 13.2 Å². The molecule has 3 rings (SSSR count). The number of fused-ring (bicyclic) bond motifs is 1. The van der Waals surface area contributed by atoms with E-state index in [0.29, 0.717) is 23.7 Å².